The predicted octanol–water partition coefficient (Wildman–Crippen LogP) is 12.8. The van der Waals surface area contributed by atoms with Crippen LogP contribution in [0.3, 0.4) is 0 Å². The number of nitrogens with zero attached hydrogens (tertiary/aromatic N) is 4. The van der Waals surface area contributed by atoms with Crippen molar-refractivity contribution in [1.29, 1.82) is 0 Å². The van der Waals surface area contributed by atoms with E-state index in [1.165, 1.54) is 10.1 Å². The van der Waals surface area contributed by atoms with Gasteiger partial charge in [-0.3, -0.25) is 0 Å². The topological polar surface area (TPSA) is 51.6 Å². The van der Waals surface area contributed by atoms with Gasteiger partial charge in [0.2, 0.25) is 0 Å². The molecule has 0 unspecified atom stereocenters. The van der Waals surface area contributed by atoms with Crippen LogP contribution in [0.5, 0.6) is 0 Å². The quantitative estimate of drug-likeness (QED) is 0.174. The third-order valence-electron chi connectivity index (χ3n) is 9.71. The Morgan fingerprint density at radius 1 is 0.321 bits per heavy atom. The van der Waals surface area contributed by atoms with Crippen molar-refractivity contribution in [2.75, 3.05) is 0 Å². The van der Waals surface area contributed by atoms with Crippen LogP contribution in [-0.2, 0) is 0 Å². The minimum Gasteiger partial charge on any atom is -0.228 e. The van der Waals surface area contributed by atoms with Crippen LogP contribution in [0, 0.1) is 0 Å². The van der Waals surface area contributed by atoms with Gasteiger partial charge in [0.05, 0.1) is 16.9 Å². The normalized spacial score (nSPS) is 11.4. The van der Waals surface area contributed by atoms with Crippen LogP contribution in [0.4, 0.5) is 0 Å². The van der Waals surface area contributed by atoms with Gasteiger partial charge in [-0.05, 0) is 52.6 Å². The molecular formula is C48H30N4S. The lowest BCUT2D eigenvalue weighted by molar-refractivity contribution is 1.23. The number of fused-ring (bicyclic) bond motifs is 4. The molecule has 10 aromatic rings. The summed E-state index contributed by atoms with van der Waals surface area (Å²) >= 11 is 1.72. The lowest BCUT2D eigenvalue weighted by atomic mass is 9.96. The third kappa shape index (κ3) is 5.74. The number of hydrogen-bond donors (Lipinski definition) is 0. The van der Waals surface area contributed by atoms with E-state index in [4.69, 9.17) is 19.9 Å². The highest BCUT2D eigenvalue weighted by molar-refractivity contribution is 7.25. The van der Waals surface area contributed by atoms with Crippen LogP contribution in [-0.4, -0.2) is 19.9 Å². The molecule has 0 aliphatic carbocycles. The van der Waals surface area contributed by atoms with Crippen molar-refractivity contribution in [2.45, 2.75) is 0 Å². The molecule has 3 heterocycles. The van der Waals surface area contributed by atoms with E-state index < -0.39 is 0 Å². The van der Waals surface area contributed by atoms with Gasteiger partial charge in [0.25, 0.3) is 0 Å². The molecule has 0 saturated heterocycles. The molecule has 7 aromatic carbocycles. The molecular weight excluding hydrogens is 665 g/mol. The molecule has 53 heavy (non-hydrogen) atoms. The number of benzene rings is 7. The van der Waals surface area contributed by atoms with Crippen LogP contribution < -0.4 is 0 Å². The summed E-state index contributed by atoms with van der Waals surface area (Å²) in [6.45, 7) is 0. The molecule has 5 heteroatoms. The summed E-state index contributed by atoms with van der Waals surface area (Å²) in [5.74, 6) is 1.43. The Kier molecular flexibility index (Phi) is 7.63. The summed E-state index contributed by atoms with van der Waals surface area (Å²) < 4.78 is 1.21. The number of hydrogen-bond acceptors (Lipinski definition) is 5. The molecule has 4 nitrogen and oxygen atoms in total. The highest BCUT2D eigenvalue weighted by Crippen LogP contribution is 2.40. The number of aromatic nitrogens is 4. The standard InChI is InChI=1S/C48H30N4S/c1-3-14-31(15-4-1)44-39-24-7-9-26-41(39)49-46(50-44)37-22-12-20-35(29-37)33-18-11-19-34(28-33)36-21-13-23-38(30-36)47-51-45(32-16-5-2-6-17-32)43-40-25-8-10-27-42(40)53-48(43)52-47/h1-30H. The summed E-state index contributed by atoms with van der Waals surface area (Å²) in [7, 11) is 0. The van der Waals surface area contributed by atoms with Crippen molar-refractivity contribution >= 4 is 42.5 Å². The Labute approximate surface area is 310 Å². The molecule has 0 spiro atoms. The second kappa shape index (κ2) is 13.1. The molecule has 0 N–H and O–H groups in total. The molecule has 3 aromatic heterocycles. The highest BCUT2D eigenvalue weighted by atomic mass is 32.1. The van der Waals surface area contributed by atoms with E-state index in [-0.39, 0.29) is 0 Å². The number of thiophene rings is 1. The summed E-state index contributed by atoms with van der Waals surface area (Å²) in [4.78, 5) is 21.5. The molecule has 0 bridgehead atoms. The van der Waals surface area contributed by atoms with Gasteiger partial charge in [-0.15, -0.1) is 11.3 Å². The van der Waals surface area contributed by atoms with Gasteiger partial charge in [-0.25, -0.2) is 19.9 Å². The van der Waals surface area contributed by atoms with Crippen molar-refractivity contribution in [1.82, 2.24) is 19.9 Å². The summed E-state index contributed by atoms with van der Waals surface area (Å²) in [6, 6.07) is 63.3. The van der Waals surface area contributed by atoms with E-state index in [2.05, 4.69) is 146 Å². The van der Waals surface area contributed by atoms with Crippen molar-refractivity contribution in [3.63, 3.8) is 0 Å². The lowest BCUT2D eigenvalue weighted by Gasteiger charge is -2.11. The first-order valence-electron chi connectivity index (χ1n) is 17.6. The van der Waals surface area contributed by atoms with E-state index in [1.807, 2.05) is 36.4 Å². The second-order valence-electron chi connectivity index (χ2n) is 13.1. The molecule has 0 aliphatic rings. The monoisotopic (exact) mass is 694 g/mol. The van der Waals surface area contributed by atoms with Gasteiger partial charge in [-0.1, -0.05) is 152 Å². The molecule has 0 aliphatic heterocycles. The average molecular weight is 695 g/mol. The maximum absolute atomic E-state index is 5.23. The summed E-state index contributed by atoms with van der Waals surface area (Å²) in [6.07, 6.45) is 0. The van der Waals surface area contributed by atoms with Crippen molar-refractivity contribution in [3.05, 3.63) is 182 Å². The van der Waals surface area contributed by atoms with Gasteiger partial charge < -0.3 is 0 Å². The Balaban J connectivity index is 1.03. The Hall–Kier alpha value is -6.82. The molecule has 0 radical (unpaired) electrons. The molecule has 0 fully saturated rings. The molecule has 10 rings (SSSR count). The van der Waals surface area contributed by atoms with Crippen LogP contribution >= 0.6 is 11.3 Å². The largest absolute Gasteiger partial charge is 0.228 e. The van der Waals surface area contributed by atoms with Crippen molar-refractivity contribution in [2.24, 2.45) is 0 Å². The van der Waals surface area contributed by atoms with Crippen LogP contribution in [0.25, 0.3) is 98.7 Å². The SMILES string of the molecule is c1ccc(-c2nc(-c3cccc(-c4cccc(-c5cccc(-c6nc(-c7ccccc7)c7c(n6)sc6ccccc67)c5)c4)c3)nc3ccccc23)cc1. The van der Waals surface area contributed by atoms with E-state index in [0.29, 0.717) is 5.82 Å². The second-order valence-corrected chi connectivity index (χ2v) is 14.1. The van der Waals surface area contributed by atoms with E-state index in [0.717, 1.165) is 82.8 Å². The maximum atomic E-state index is 5.23. The van der Waals surface area contributed by atoms with Gasteiger partial charge in [0.1, 0.15) is 4.83 Å². The highest BCUT2D eigenvalue weighted by Gasteiger charge is 2.17. The number of para-hydroxylation sites is 1. The van der Waals surface area contributed by atoms with Crippen molar-refractivity contribution < 1.29 is 0 Å². The van der Waals surface area contributed by atoms with E-state index >= 15 is 0 Å². The first-order valence-corrected chi connectivity index (χ1v) is 18.5. The summed E-state index contributed by atoms with van der Waals surface area (Å²) in [5, 5.41) is 3.34. The lowest BCUT2D eigenvalue weighted by Crippen LogP contribution is -1.95. The van der Waals surface area contributed by atoms with Crippen molar-refractivity contribution in [3.8, 4) is 67.5 Å². The zero-order chi connectivity index (χ0) is 35.1. The zero-order valence-electron chi connectivity index (χ0n) is 28.5. The molecule has 0 atom stereocenters. The van der Waals surface area contributed by atoms with Gasteiger partial charge >= 0.3 is 0 Å². The van der Waals surface area contributed by atoms with Crippen LogP contribution in [0.1, 0.15) is 0 Å². The summed E-state index contributed by atoms with van der Waals surface area (Å²) in [5.41, 5.74) is 11.4. The minimum atomic E-state index is 0.707. The van der Waals surface area contributed by atoms with Gasteiger partial charge in [0.15, 0.2) is 11.6 Å². The van der Waals surface area contributed by atoms with Crippen LogP contribution in [0.15, 0.2) is 182 Å². The number of rotatable bonds is 6. The van der Waals surface area contributed by atoms with E-state index in [1.54, 1.807) is 11.3 Å². The Morgan fingerprint density at radius 2 is 0.774 bits per heavy atom. The predicted molar refractivity (Wildman–Crippen MR) is 221 cm³/mol. The smallest absolute Gasteiger partial charge is 0.161 e. The Morgan fingerprint density at radius 3 is 1.42 bits per heavy atom. The average Bonchev–Trinajstić information content (AvgIpc) is 3.62. The Bertz CT molecular complexity index is 2950. The fourth-order valence-electron chi connectivity index (χ4n) is 7.13. The van der Waals surface area contributed by atoms with Gasteiger partial charge in [-0.2, -0.15) is 0 Å². The zero-order valence-corrected chi connectivity index (χ0v) is 29.3. The van der Waals surface area contributed by atoms with Gasteiger partial charge in [0, 0.05) is 43.1 Å². The minimum absolute atomic E-state index is 0.707. The molecule has 0 amide bonds. The molecule has 0 saturated carbocycles. The van der Waals surface area contributed by atoms with E-state index in [9.17, 15) is 0 Å². The fraction of sp³-hybridized carbons (Fsp3) is 0. The van der Waals surface area contributed by atoms with Crippen LogP contribution in [0.2, 0.25) is 0 Å². The maximum Gasteiger partial charge on any atom is 0.161 e. The molecule has 248 valence electrons. The fourth-order valence-corrected chi connectivity index (χ4v) is 8.21. The third-order valence-corrected chi connectivity index (χ3v) is 10.8. The first kappa shape index (κ1) is 31.0. The first-order chi connectivity index (χ1) is 26.2.